The van der Waals surface area contributed by atoms with Crippen molar-refractivity contribution < 1.29 is 13.2 Å². The third-order valence-corrected chi connectivity index (χ3v) is 2.56. The molecule has 0 unspecified atom stereocenters. The zero-order valence-electron chi connectivity index (χ0n) is 9.96. The number of hydrogen-bond acceptors (Lipinski definition) is 3. The van der Waals surface area contributed by atoms with E-state index in [0.717, 1.165) is 0 Å². The molecule has 2 aromatic rings. The average Bonchev–Trinajstić information content (AvgIpc) is 2.60. The molecule has 0 atom stereocenters. The molecule has 2 heterocycles. The van der Waals surface area contributed by atoms with E-state index in [1.807, 2.05) is 0 Å². The second-order valence-electron chi connectivity index (χ2n) is 4.29. The summed E-state index contributed by atoms with van der Waals surface area (Å²) in [6.45, 7) is 5.19. The summed E-state index contributed by atoms with van der Waals surface area (Å²) in [5.74, 6) is -1.64. The van der Waals surface area contributed by atoms with Gasteiger partial charge in [0.05, 0.1) is 0 Å². The molecule has 0 aliphatic carbocycles. The Kier molecular flexibility index (Phi) is 2.67. The number of fused-ring (bicyclic) bond motifs is 1. The van der Waals surface area contributed by atoms with E-state index in [4.69, 9.17) is 0 Å². The van der Waals surface area contributed by atoms with Crippen LogP contribution in [0.2, 0.25) is 0 Å². The van der Waals surface area contributed by atoms with Crippen LogP contribution in [-0.2, 0) is 6.18 Å². The summed E-state index contributed by atoms with van der Waals surface area (Å²) < 4.78 is 38.0. The van der Waals surface area contributed by atoms with Gasteiger partial charge in [-0.3, -0.25) is 4.79 Å². The molecule has 0 aliphatic heterocycles. The minimum Gasteiger partial charge on any atom is -0.327 e. The predicted octanol–water partition coefficient (Wildman–Crippen LogP) is 1.87. The highest BCUT2D eigenvalue weighted by molar-refractivity contribution is 5.33. The third-order valence-electron chi connectivity index (χ3n) is 2.56. The number of nitrogens with one attached hydrogen (secondary N) is 1. The number of alkyl halides is 3. The van der Waals surface area contributed by atoms with Gasteiger partial charge in [0.1, 0.15) is 0 Å². The summed E-state index contributed by atoms with van der Waals surface area (Å²) in [4.78, 5) is 17.9. The normalized spacial score (nSPS) is 12.6. The van der Waals surface area contributed by atoms with Crippen molar-refractivity contribution in [2.24, 2.45) is 0 Å². The van der Waals surface area contributed by atoms with Crippen LogP contribution in [0.15, 0.2) is 4.79 Å². The summed E-state index contributed by atoms with van der Waals surface area (Å²) in [6.07, 6.45) is -4.67. The molecule has 0 fully saturated rings. The number of nitrogens with zero attached hydrogens (tertiary/aromatic N) is 3. The lowest BCUT2D eigenvalue weighted by atomic mass is 10.0. The first-order valence-electron chi connectivity index (χ1n) is 5.28. The zero-order valence-corrected chi connectivity index (χ0v) is 9.96. The van der Waals surface area contributed by atoms with Crippen LogP contribution in [-0.4, -0.2) is 19.6 Å². The van der Waals surface area contributed by atoms with Crippen molar-refractivity contribution in [2.75, 3.05) is 0 Å². The Hall–Kier alpha value is -1.86. The minimum absolute atomic E-state index is 0.114. The summed E-state index contributed by atoms with van der Waals surface area (Å²) in [5, 5.41) is 3.20. The van der Waals surface area contributed by atoms with Gasteiger partial charge < -0.3 is 4.98 Å². The van der Waals surface area contributed by atoms with Crippen LogP contribution in [0.25, 0.3) is 5.78 Å². The molecule has 2 rings (SSSR count). The van der Waals surface area contributed by atoms with Crippen LogP contribution in [0, 0.1) is 6.92 Å². The van der Waals surface area contributed by atoms with Crippen molar-refractivity contribution in [3.63, 3.8) is 0 Å². The van der Waals surface area contributed by atoms with E-state index in [9.17, 15) is 18.0 Å². The maximum Gasteiger partial charge on any atom is 0.453 e. The largest absolute Gasteiger partial charge is 0.453 e. The number of aromatic nitrogens is 4. The van der Waals surface area contributed by atoms with Gasteiger partial charge in [-0.1, -0.05) is 13.8 Å². The van der Waals surface area contributed by atoms with E-state index >= 15 is 0 Å². The molecule has 0 aromatic carbocycles. The lowest BCUT2D eigenvalue weighted by Crippen LogP contribution is -2.23. The van der Waals surface area contributed by atoms with Gasteiger partial charge in [-0.15, -0.1) is 5.10 Å². The first-order chi connectivity index (χ1) is 8.21. The molecule has 0 saturated carbocycles. The van der Waals surface area contributed by atoms with Crippen molar-refractivity contribution in [3.8, 4) is 0 Å². The summed E-state index contributed by atoms with van der Waals surface area (Å²) in [5.41, 5.74) is 0.337. The molecule has 0 aliphatic rings. The fourth-order valence-electron chi connectivity index (χ4n) is 1.84. The summed E-state index contributed by atoms with van der Waals surface area (Å²) in [6, 6.07) is 0. The Labute approximate surface area is 99.7 Å². The smallest absolute Gasteiger partial charge is 0.327 e. The van der Waals surface area contributed by atoms with Crippen molar-refractivity contribution in [2.45, 2.75) is 32.9 Å². The molecule has 98 valence electrons. The molecule has 2 aromatic heterocycles. The second-order valence-corrected chi connectivity index (χ2v) is 4.29. The van der Waals surface area contributed by atoms with E-state index in [0.29, 0.717) is 15.8 Å². The van der Waals surface area contributed by atoms with Crippen molar-refractivity contribution >= 4 is 5.78 Å². The topological polar surface area (TPSA) is 63.1 Å². The standard InChI is InChI=1S/C10H11F3N4O/c1-4(2)6-5(3)14-9-15-8(10(11,12)13)16-17(9)7(6)18/h4H,1-3H3,(H,14,15,16). The lowest BCUT2D eigenvalue weighted by molar-refractivity contribution is -0.144. The van der Waals surface area contributed by atoms with Gasteiger partial charge in [-0.05, 0) is 12.8 Å². The molecule has 0 radical (unpaired) electrons. The molecular formula is C10H11F3N4O. The van der Waals surface area contributed by atoms with Crippen molar-refractivity contribution in [3.05, 3.63) is 27.4 Å². The molecule has 1 N–H and O–H groups in total. The highest BCUT2D eigenvalue weighted by atomic mass is 19.4. The first kappa shape index (κ1) is 12.6. The van der Waals surface area contributed by atoms with Gasteiger partial charge in [0.25, 0.3) is 11.4 Å². The van der Waals surface area contributed by atoms with E-state index in [2.05, 4.69) is 15.1 Å². The Balaban J connectivity index is 2.79. The van der Waals surface area contributed by atoms with Gasteiger partial charge in [0.2, 0.25) is 5.78 Å². The fourth-order valence-corrected chi connectivity index (χ4v) is 1.84. The molecule has 18 heavy (non-hydrogen) atoms. The van der Waals surface area contributed by atoms with Crippen molar-refractivity contribution in [1.82, 2.24) is 19.6 Å². The van der Waals surface area contributed by atoms with Gasteiger partial charge in [0.15, 0.2) is 0 Å². The highest BCUT2D eigenvalue weighted by Crippen LogP contribution is 2.26. The Morgan fingerprint density at radius 1 is 1.33 bits per heavy atom. The number of H-pyrrole nitrogens is 1. The Morgan fingerprint density at radius 2 is 1.94 bits per heavy atom. The maximum atomic E-state index is 12.5. The summed E-state index contributed by atoms with van der Waals surface area (Å²) >= 11 is 0. The monoisotopic (exact) mass is 260 g/mol. The van der Waals surface area contributed by atoms with E-state index in [1.54, 1.807) is 20.8 Å². The number of halogens is 3. The zero-order chi connectivity index (χ0) is 13.7. The van der Waals surface area contributed by atoms with Gasteiger partial charge in [0, 0.05) is 11.3 Å². The third kappa shape index (κ3) is 1.87. The number of aromatic amines is 1. The van der Waals surface area contributed by atoms with E-state index in [1.165, 1.54) is 0 Å². The van der Waals surface area contributed by atoms with Crippen LogP contribution < -0.4 is 5.56 Å². The Bertz CT molecular complexity index is 653. The van der Waals surface area contributed by atoms with Gasteiger partial charge in [-0.2, -0.15) is 22.7 Å². The van der Waals surface area contributed by atoms with E-state index < -0.39 is 17.6 Å². The first-order valence-corrected chi connectivity index (χ1v) is 5.28. The van der Waals surface area contributed by atoms with Crippen LogP contribution in [0.1, 0.15) is 36.8 Å². The molecule has 0 bridgehead atoms. The minimum atomic E-state index is -4.67. The quantitative estimate of drug-likeness (QED) is 0.851. The SMILES string of the molecule is Cc1[nH]c2nc(C(F)(F)F)nn2c(=O)c1C(C)C. The van der Waals surface area contributed by atoms with Crippen LogP contribution in [0.5, 0.6) is 0 Å². The summed E-state index contributed by atoms with van der Waals surface area (Å²) in [7, 11) is 0. The molecule has 0 amide bonds. The maximum absolute atomic E-state index is 12.5. The highest BCUT2D eigenvalue weighted by Gasteiger charge is 2.37. The molecular weight excluding hydrogens is 249 g/mol. The Morgan fingerprint density at radius 3 is 2.44 bits per heavy atom. The number of rotatable bonds is 1. The average molecular weight is 260 g/mol. The molecule has 8 heteroatoms. The van der Waals surface area contributed by atoms with E-state index in [-0.39, 0.29) is 11.7 Å². The van der Waals surface area contributed by atoms with Crippen LogP contribution >= 0.6 is 0 Å². The fraction of sp³-hybridized carbons (Fsp3) is 0.500. The lowest BCUT2D eigenvalue weighted by Gasteiger charge is -2.07. The van der Waals surface area contributed by atoms with Gasteiger partial charge >= 0.3 is 6.18 Å². The van der Waals surface area contributed by atoms with Crippen LogP contribution in [0.3, 0.4) is 0 Å². The molecule has 5 nitrogen and oxygen atoms in total. The van der Waals surface area contributed by atoms with Crippen molar-refractivity contribution in [1.29, 1.82) is 0 Å². The van der Waals surface area contributed by atoms with Gasteiger partial charge in [-0.25, -0.2) is 0 Å². The number of aryl methyl sites for hydroxylation is 1. The van der Waals surface area contributed by atoms with Crippen LogP contribution in [0.4, 0.5) is 13.2 Å². The molecule has 0 spiro atoms. The molecule has 0 saturated heterocycles. The second kappa shape index (κ2) is 3.82. The number of hydrogen-bond donors (Lipinski definition) is 1. The predicted molar refractivity (Wildman–Crippen MR) is 57.4 cm³/mol.